The van der Waals surface area contributed by atoms with Crippen LogP contribution in [0.25, 0.3) is 33.4 Å². The summed E-state index contributed by atoms with van der Waals surface area (Å²) in [6.45, 7) is 0. The summed E-state index contributed by atoms with van der Waals surface area (Å²) in [5.74, 6) is -42.9. The molecule has 12 aromatic rings. The fourth-order valence-corrected chi connectivity index (χ4v) is 10.9. The fraction of sp³-hybridized carbons (Fsp3) is 0. The Hall–Kier alpha value is -16.6. The van der Waals surface area contributed by atoms with E-state index < -0.39 is 286 Å². The molecule has 36 heteroatoms. The maximum absolute atomic E-state index is 12.2. The Balaban J connectivity index is 1.00. The van der Waals surface area contributed by atoms with Crippen LogP contribution in [-0.2, 0) is 0 Å². The Morgan fingerprint density at radius 3 is 0.648 bits per heavy atom. The van der Waals surface area contributed by atoms with E-state index in [9.17, 15) is 143 Å². The number of aromatic hydroxyl groups is 28. The first kappa shape index (κ1) is 71.3. The number of phenols is 28. The molecule has 0 amide bonds. The lowest BCUT2D eigenvalue weighted by atomic mass is 9.99. The zero-order chi connectivity index (χ0) is 78.1. The summed E-state index contributed by atoms with van der Waals surface area (Å²) >= 11 is 0. The van der Waals surface area contributed by atoms with Crippen LogP contribution in [0, 0.1) is 0 Å². The van der Waals surface area contributed by atoms with Gasteiger partial charge in [0.05, 0.1) is 33.4 Å². The normalized spacial score (nSPS) is 11.1. The highest BCUT2D eigenvalue weighted by Gasteiger charge is 2.35. The minimum atomic E-state index is -1.39. The van der Waals surface area contributed by atoms with Crippen molar-refractivity contribution in [2.75, 3.05) is 0 Å². The monoisotopic (exact) mass is 1490 g/mol. The van der Waals surface area contributed by atoms with Crippen molar-refractivity contribution in [1.82, 2.24) is 0 Å². The molecule has 0 atom stereocenters. The van der Waals surface area contributed by atoms with Crippen LogP contribution in [0.4, 0.5) is 0 Å². The van der Waals surface area contributed by atoms with E-state index in [2.05, 4.69) is 0 Å². The van der Waals surface area contributed by atoms with Gasteiger partial charge in [0.2, 0.25) is 46.0 Å². The molecular formula is C72H50O36. The molecule has 0 spiro atoms. The highest BCUT2D eigenvalue weighted by atomic mass is 16.6. The van der Waals surface area contributed by atoms with Crippen LogP contribution in [0.1, 0.15) is 0 Å². The number of phenolic OH excluding ortho intramolecular Hbond substituents is 28. The van der Waals surface area contributed by atoms with Crippen LogP contribution in [0.2, 0.25) is 0 Å². The summed E-state index contributed by atoms with van der Waals surface area (Å²) in [4.78, 5) is 0. The molecule has 36 nitrogen and oxygen atoms in total. The quantitative estimate of drug-likeness (QED) is 0.0357. The van der Waals surface area contributed by atoms with Crippen molar-refractivity contribution in [3.05, 3.63) is 133 Å². The predicted molar refractivity (Wildman–Crippen MR) is 361 cm³/mol. The average molecular weight is 1490 g/mol. The third-order valence-electron chi connectivity index (χ3n) is 15.3. The molecule has 0 bridgehead atoms. The van der Waals surface area contributed by atoms with Crippen molar-refractivity contribution < 1.29 is 181 Å². The molecule has 0 aliphatic rings. The SMILES string of the molecule is Oc1cc(O)cc(Oc2c(Oc3c(O)cc(Oc4c(Oc5c(O)cc(O)c(-c6c(O)cc(O)cc6O)c5O)cc(O)cc4Oc4c(O)cc(Oc5c(O)cc(O)cc5O)c(-c5c(O)cc(O)cc5O)c4O)cc3O)cc(O)cc2Oc2c(O)cc(Oc3c(O)cc(O)cc3O)c(-c3c(O)cc(O)cc3O)c2O)c1. The molecule has 108 heavy (non-hydrogen) atoms. The average Bonchev–Trinajstić information content (AvgIpc) is 0.764. The van der Waals surface area contributed by atoms with Gasteiger partial charge in [0.1, 0.15) is 115 Å². The third-order valence-corrected chi connectivity index (χ3v) is 15.3. The first-order valence-corrected chi connectivity index (χ1v) is 30.0. The van der Waals surface area contributed by atoms with Gasteiger partial charge in [0.15, 0.2) is 92.0 Å². The van der Waals surface area contributed by atoms with Gasteiger partial charge in [-0.3, -0.25) is 0 Å². The number of ether oxygens (including phenoxy) is 8. The molecule has 0 aliphatic heterocycles. The smallest absolute Gasteiger partial charge is 0.212 e. The largest absolute Gasteiger partial charge is 0.508 e. The van der Waals surface area contributed by atoms with Gasteiger partial charge in [-0.1, -0.05) is 0 Å². The minimum absolute atomic E-state index is 0.502. The topological polar surface area (TPSA) is 640 Å². The van der Waals surface area contributed by atoms with Gasteiger partial charge in [-0.15, -0.1) is 0 Å². The third kappa shape index (κ3) is 13.5. The lowest BCUT2D eigenvalue weighted by Crippen LogP contribution is -1.99. The van der Waals surface area contributed by atoms with Crippen LogP contribution in [0.3, 0.4) is 0 Å². The van der Waals surface area contributed by atoms with E-state index in [1.165, 1.54) is 0 Å². The molecule has 0 fully saturated rings. The van der Waals surface area contributed by atoms with Crippen molar-refractivity contribution in [3.8, 4) is 286 Å². The van der Waals surface area contributed by atoms with E-state index >= 15 is 0 Å². The van der Waals surface area contributed by atoms with Gasteiger partial charge in [-0.05, 0) is 0 Å². The summed E-state index contributed by atoms with van der Waals surface area (Å²) in [6.07, 6.45) is 0. The molecule has 0 unspecified atom stereocenters. The molecular weight excluding hydrogens is 1440 g/mol. The summed E-state index contributed by atoms with van der Waals surface area (Å²) in [5, 5.41) is 309. The molecule has 0 radical (unpaired) electrons. The van der Waals surface area contributed by atoms with Crippen molar-refractivity contribution >= 4 is 0 Å². The van der Waals surface area contributed by atoms with Gasteiger partial charge >= 0.3 is 0 Å². The minimum Gasteiger partial charge on any atom is -0.508 e. The first-order valence-electron chi connectivity index (χ1n) is 30.0. The van der Waals surface area contributed by atoms with E-state index in [4.69, 9.17) is 37.9 Å². The molecule has 0 saturated heterocycles. The maximum atomic E-state index is 12.2. The van der Waals surface area contributed by atoms with Crippen LogP contribution >= 0.6 is 0 Å². The second-order valence-corrected chi connectivity index (χ2v) is 22.9. The number of hydrogen-bond acceptors (Lipinski definition) is 36. The second kappa shape index (κ2) is 27.1. The second-order valence-electron chi connectivity index (χ2n) is 22.9. The first-order chi connectivity index (χ1) is 51.0. The van der Waals surface area contributed by atoms with E-state index in [1.807, 2.05) is 0 Å². The zero-order valence-corrected chi connectivity index (χ0v) is 53.5. The highest BCUT2D eigenvalue weighted by molar-refractivity contribution is 5.92. The van der Waals surface area contributed by atoms with Gasteiger partial charge in [0.25, 0.3) is 0 Å². The molecule has 0 heterocycles. The predicted octanol–water partition coefficient (Wildman–Crippen LogP) is 12.8. The van der Waals surface area contributed by atoms with Crippen molar-refractivity contribution in [2.24, 2.45) is 0 Å². The molecule has 554 valence electrons. The number of hydrogen-bond donors (Lipinski definition) is 28. The lowest BCUT2D eigenvalue weighted by molar-refractivity contribution is 0.329. The van der Waals surface area contributed by atoms with Gasteiger partial charge < -0.3 is 181 Å². The molecule has 0 aliphatic carbocycles. The van der Waals surface area contributed by atoms with Crippen LogP contribution in [0.5, 0.6) is 253 Å². The number of benzene rings is 12. The highest BCUT2D eigenvalue weighted by Crippen LogP contribution is 2.63. The van der Waals surface area contributed by atoms with Crippen LogP contribution < -0.4 is 37.9 Å². The van der Waals surface area contributed by atoms with Crippen molar-refractivity contribution in [2.45, 2.75) is 0 Å². The Kier molecular flexibility index (Phi) is 17.9. The Morgan fingerprint density at radius 2 is 0.333 bits per heavy atom. The number of rotatable bonds is 19. The lowest BCUT2D eigenvalue weighted by Gasteiger charge is -2.22. The van der Waals surface area contributed by atoms with Gasteiger partial charge in [-0.25, -0.2) is 0 Å². The molecule has 0 saturated carbocycles. The van der Waals surface area contributed by atoms with Crippen molar-refractivity contribution in [1.29, 1.82) is 0 Å². The standard InChI is InChI=1S/C72H50O36/c73-23-1-24(74)3-32(2-23)101-71-52(14-30(80)15-53(71)107-69-48(96)21-50(103-65-41(89)10-28(78)11-42(65)90)60(63(69)99)57-36(84)6-26(76)7-37(57)85)105-67-45(93)18-33(19-46(67)94)102-72-54(106-68-47(95)20-40(88)59(62(68)98)56-34(82)4-25(75)5-35(56)83)16-31(81)17-55(72)108-70-49(97)22-51(104-66-43(91)12-29(79)13-44(66)92)61(64(70)100)58-38(86)8-27(77)9-39(58)87/h1-22,73-100H. The van der Waals surface area contributed by atoms with Gasteiger partial charge in [-0.2, -0.15) is 0 Å². The van der Waals surface area contributed by atoms with E-state index in [1.54, 1.807) is 0 Å². The molecule has 12 rings (SSSR count). The molecule has 28 N–H and O–H groups in total. The fourth-order valence-electron chi connectivity index (χ4n) is 10.9. The summed E-state index contributed by atoms with van der Waals surface area (Å²) in [6, 6.07) is 14.9. The molecule has 0 aromatic heterocycles. The van der Waals surface area contributed by atoms with E-state index in [-0.39, 0.29) is 0 Å². The van der Waals surface area contributed by atoms with Crippen LogP contribution in [0.15, 0.2) is 133 Å². The Bertz CT molecular complexity index is 5560. The summed E-state index contributed by atoms with van der Waals surface area (Å²) < 4.78 is 47.4. The Labute approximate surface area is 598 Å². The van der Waals surface area contributed by atoms with E-state index in [0.717, 1.165) is 18.2 Å². The zero-order valence-electron chi connectivity index (χ0n) is 53.5. The van der Waals surface area contributed by atoms with Crippen LogP contribution in [-0.4, -0.2) is 143 Å². The van der Waals surface area contributed by atoms with Gasteiger partial charge in [0, 0.05) is 133 Å². The summed E-state index contributed by atoms with van der Waals surface area (Å²) in [5.41, 5.74) is -5.13. The maximum Gasteiger partial charge on any atom is 0.212 e. The molecule has 12 aromatic carbocycles. The summed E-state index contributed by atoms with van der Waals surface area (Å²) in [7, 11) is 0. The Morgan fingerprint density at radius 1 is 0.130 bits per heavy atom. The van der Waals surface area contributed by atoms with Crippen molar-refractivity contribution in [3.63, 3.8) is 0 Å². The van der Waals surface area contributed by atoms with E-state index in [0.29, 0.717) is 115 Å².